The van der Waals surface area contributed by atoms with E-state index in [4.69, 9.17) is 5.73 Å². The van der Waals surface area contributed by atoms with Crippen molar-refractivity contribution in [2.75, 3.05) is 7.11 Å². The summed E-state index contributed by atoms with van der Waals surface area (Å²) < 4.78 is 31.1. The fourth-order valence-electron chi connectivity index (χ4n) is 1.17. The number of carbonyl (C=O) groups excluding carboxylic acids is 1. The highest BCUT2D eigenvalue weighted by atomic mass is 32.2. The molecule has 0 amide bonds. The van der Waals surface area contributed by atoms with Crippen molar-refractivity contribution < 1.29 is 17.9 Å². The Bertz CT molecular complexity index is 522. The normalized spacial score (nSPS) is 15.1. The van der Waals surface area contributed by atoms with Gasteiger partial charge in [0.2, 0.25) is 10.0 Å². The van der Waals surface area contributed by atoms with Crippen LogP contribution in [0.4, 0.5) is 0 Å². The van der Waals surface area contributed by atoms with E-state index < -0.39 is 22.0 Å². The van der Waals surface area contributed by atoms with Gasteiger partial charge in [0.15, 0.2) is 0 Å². The second-order valence-electron chi connectivity index (χ2n) is 3.87. The van der Waals surface area contributed by atoms with Crippen LogP contribution in [0, 0.1) is 0 Å². The van der Waals surface area contributed by atoms with Gasteiger partial charge in [-0.1, -0.05) is 0 Å². The number of methoxy groups -OCH3 is 1. The molecular formula is C10H16N2O4S2. The molecule has 1 aromatic rings. The molecule has 18 heavy (non-hydrogen) atoms. The topological polar surface area (TPSA) is 98.5 Å². The number of hydrogen-bond donors (Lipinski definition) is 2. The van der Waals surface area contributed by atoms with Gasteiger partial charge in [0.25, 0.3) is 0 Å². The van der Waals surface area contributed by atoms with E-state index in [0.717, 1.165) is 11.3 Å². The highest BCUT2D eigenvalue weighted by Crippen LogP contribution is 2.22. The summed E-state index contributed by atoms with van der Waals surface area (Å²) >= 11 is 1.02. The fourth-order valence-corrected chi connectivity index (χ4v) is 3.84. The van der Waals surface area contributed by atoms with Crippen LogP contribution in [-0.4, -0.2) is 33.6 Å². The van der Waals surface area contributed by atoms with Crippen molar-refractivity contribution in [2.45, 2.75) is 30.8 Å². The lowest BCUT2D eigenvalue weighted by Crippen LogP contribution is -2.44. The van der Waals surface area contributed by atoms with Crippen molar-refractivity contribution in [3.05, 3.63) is 16.3 Å². The van der Waals surface area contributed by atoms with E-state index in [1.54, 1.807) is 13.8 Å². The zero-order valence-corrected chi connectivity index (χ0v) is 12.0. The van der Waals surface area contributed by atoms with Gasteiger partial charge < -0.3 is 10.5 Å². The summed E-state index contributed by atoms with van der Waals surface area (Å²) in [5, 5.41) is 1.53. The van der Waals surface area contributed by atoms with Crippen LogP contribution in [-0.2, 0) is 14.8 Å². The standard InChI is InChI=1S/C10H16N2O4S2/c1-6(11)7(2)12-18(14,15)8-4-5-17-9(8)10(13)16-3/h4-7,12H,11H2,1-3H3. The first-order chi connectivity index (χ1) is 8.29. The van der Waals surface area contributed by atoms with Crippen molar-refractivity contribution in [1.29, 1.82) is 0 Å². The number of sulfonamides is 1. The van der Waals surface area contributed by atoms with E-state index in [1.807, 2.05) is 0 Å². The molecular weight excluding hydrogens is 276 g/mol. The summed E-state index contributed by atoms with van der Waals surface area (Å²) in [6.07, 6.45) is 0. The van der Waals surface area contributed by atoms with Crippen LogP contribution < -0.4 is 10.5 Å². The predicted octanol–water partition coefficient (Wildman–Crippen LogP) is 0.549. The van der Waals surface area contributed by atoms with E-state index in [0.29, 0.717) is 0 Å². The maximum atomic E-state index is 12.1. The summed E-state index contributed by atoms with van der Waals surface area (Å²) in [6.45, 7) is 3.36. The Balaban J connectivity index is 3.06. The average molecular weight is 292 g/mol. The average Bonchev–Trinajstić information content (AvgIpc) is 2.76. The van der Waals surface area contributed by atoms with E-state index in [1.165, 1.54) is 18.6 Å². The molecule has 0 spiro atoms. The molecule has 3 N–H and O–H groups in total. The minimum absolute atomic E-state index is 0.0573. The third kappa shape index (κ3) is 3.29. The van der Waals surface area contributed by atoms with Crippen molar-refractivity contribution in [3.63, 3.8) is 0 Å². The van der Waals surface area contributed by atoms with Gasteiger partial charge in [-0.25, -0.2) is 17.9 Å². The molecule has 0 fully saturated rings. The molecule has 2 unspecified atom stereocenters. The summed E-state index contributed by atoms with van der Waals surface area (Å²) in [4.78, 5) is 11.4. The highest BCUT2D eigenvalue weighted by Gasteiger charge is 2.26. The monoisotopic (exact) mass is 292 g/mol. The molecule has 8 heteroatoms. The Kier molecular flexibility index (Phi) is 4.85. The van der Waals surface area contributed by atoms with Gasteiger partial charge in [-0.15, -0.1) is 11.3 Å². The summed E-state index contributed by atoms with van der Waals surface area (Å²) in [5.74, 6) is -0.668. The number of hydrogen-bond acceptors (Lipinski definition) is 6. The number of carbonyl (C=O) groups is 1. The van der Waals surface area contributed by atoms with E-state index >= 15 is 0 Å². The molecule has 0 radical (unpaired) electrons. The summed E-state index contributed by atoms with van der Waals surface area (Å²) in [6, 6.07) is 0.605. The minimum Gasteiger partial charge on any atom is -0.465 e. The Morgan fingerprint density at radius 3 is 2.61 bits per heavy atom. The van der Waals surface area contributed by atoms with Gasteiger partial charge in [0, 0.05) is 12.1 Å². The second kappa shape index (κ2) is 5.79. The third-order valence-electron chi connectivity index (χ3n) is 2.42. The summed E-state index contributed by atoms with van der Waals surface area (Å²) in [5.41, 5.74) is 5.60. The molecule has 0 saturated carbocycles. The zero-order chi connectivity index (χ0) is 13.9. The first-order valence-electron chi connectivity index (χ1n) is 5.23. The Morgan fingerprint density at radius 2 is 2.11 bits per heavy atom. The lowest BCUT2D eigenvalue weighted by atomic mass is 10.2. The SMILES string of the molecule is COC(=O)c1sccc1S(=O)(=O)NC(C)C(C)N. The number of nitrogens with two attached hydrogens (primary N) is 1. The molecule has 102 valence electrons. The first kappa shape index (κ1) is 15.1. The van der Waals surface area contributed by atoms with Crippen LogP contribution in [0.3, 0.4) is 0 Å². The number of nitrogens with one attached hydrogen (secondary N) is 1. The van der Waals surface area contributed by atoms with Crippen molar-refractivity contribution in [1.82, 2.24) is 4.72 Å². The number of ether oxygens (including phenoxy) is 1. The number of rotatable bonds is 5. The van der Waals surface area contributed by atoms with Crippen LogP contribution in [0.5, 0.6) is 0 Å². The number of thiophene rings is 1. The fraction of sp³-hybridized carbons (Fsp3) is 0.500. The second-order valence-corrected chi connectivity index (χ2v) is 6.47. The van der Waals surface area contributed by atoms with Crippen LogP contribution in [0.25, 0.3) is 0 Å². The zero-order valence-electron chi connectivity index (χ0n) is 10.3. The quantitative estimate of drug-likeness (QED) is 0.772. The van der Waals surface area contributed by atoms with E-state index in [2.05, 4.69) is 9.46 Å². The Labute approximate surface area is 110 Å². The number of esters is 1. The summed E-state index contributed by atoms with van der Waals surface area (Å²) in [7, 11) is -2.56. The predicted molar refractivity (Wildman–Crippen MR) is 69.1 cm³/mol. The third-order valence-corrected chi connectivity index (χ3v) is 5.04. The minimum atomic E-state index is -3.77. The van der Waals surface area contributed by atoms with Crippen LogP contribution in [0.1, 0.15) is 23.5 Å². The first-order valence-corrected chi connectivity index (χ1v) is 7.59. The molecule has 0 aromatic carbocycles. The molecule has 6 nitrogen and oxygen atoms in total. The molecule has 0 bridgehead atoms. The highest BCUT2D eigenvalue weighted by molar-refractivity contribution is 7.89. The van der Waals surface area contributed by atoms with E-state index in [9.17, 15) is 13.2 Å². The Hall–Kier alpha value is -0.960. The molecule has 0 saturated heterocycles. The van der Waals surface area contributed by atoms with Crippen molar-refractivity contribution >= 4 is 27.3 Å². The smallest absolute Gasteiger partial charge is 0.349 e. The van der Waals surface area contributed by atoms with Gasteiger partial charge in [-0.05, 0) is 25.3 Å². The molecule has 0 aliphatic rings. The maximum Gasteiger partial charge on any atom is 0.349 e. The van der Waals surface area contributed by atoms with Crippen LogP contribution >= 0.6 is 11.3 Å². The lowest BCUT2D eigenvalue weighted by Gasteiger charge is -2.17. The van der Waals surface area contributed by atoms with Gasteiger partial charge in [0.1, 0.15) is 9.77 Å². The molecule has 1 rings (SSSR count). The molecule has 0 aliphatic carbocycles. The van der Waals surface area contributed by atoms with Gasteiger partial charge >= 0.3 is 5.97 Å². The molecule has 1 heterocycles. The Morgan fingerprint density at radius 1 is 1.50 bits per heavy atom. The van der Waals surface area contributed by atoms with Crippen molar-refractivity contribution in [2.24, 2.45) is 5.73 Å². The van der Waals surface area contributed by atoms with E-state index in [-0.39, 0.29) is 15.8 Å². The molecule has 2 atom stereocenters. The lowest BCUT2D eigenvalue weighted by molar-refractivity contribution is 0.0602. The van der Waals surface area contributed by atoms with Crippen LogP contribution in [0.2, 0.25) is 0 Å². The largest absolute Gasteiger partial charge is 0.465 e. The van der Waals surface area contributed by atoms with Gasteiger partial charge in [-0.3, -0.25) is 0 Å². The van der Waals surface area contributed by atoms with Crippen LogP contribution in [0.15, 0.2) is 16.3 Å². The van der Waals surface area contributed by atoms with Crippen molar-refractivity contribution in [3.8, 4) is 0 Å². The maximum absolute atomic E-state index is 12.1. The van der Waals surface area contributed by atoms with Gasteiger partial charge in [-0.2, -0.15) is 0 Å². The van der Waals surface area contributed by atoms with Gasteiger partial charge in [0.05, 0.1) is 7.11 Å². The molecule has 0 aliphatic heterocycles. The molecule has 1 aromatic heterocycles.